The molecule has 0 aliphatic heterocycles. The molecule has 29 heavy (non-hydrogen) atoms. The zero-order chi connectivity index (χ0) is 21.4. The van der Waals surface area contributed by atoms with E-state index in [1.165, 1.54) is 0 Å². The van der Waals surface area contributed by atoms with Crippen molar-refractivity contribution in [3.63, 3.8) is 0 Å². The maximum atomic E-state index is 13.0. The topological polar surface area (TPSA) is 58.6 Å². The molecule has 0 fully saturated rings. The minimum atomic E-state index is -0.611. The highest BCUT2D eigenvalue weighted by Crippen LogP contribution is 2.16. The number of hydrogen-bond donors (Lipinski definition) is 1. The van der Waals surface area contributed by atoms with Crippen LogP contribution in [0.3, 0.4) is 0 Å². The zero-order valence-electron chi connectivity index (χ0n) is 16.8. The monoisotopic (exact) mass is 572 g/mol. The highest BCUT2D eigenvalue weighted by molar-refractivity contribution is 14.1. The van der Waals surface area contributed by atoms with Crippen LogP contribution >= 0.6 is 38.5 Å². The van der Waals surface area contributed by atoms with Crippen LogP contribution in [0.2, 0.25) is 0 Å². The van der Waals surface area contributed by atoms with E-state index in [-0.39, 0.29) is 24.5 Å². The Morgan fingerprint density at radius 2 is 1.72 bits per heavy atom. The van der Waals surface area contributed by atoms with Gasteiger partial charge in [0, 0.05) is 20.6 Å². The molecule has 2 aromatic rings. The molecule has 7 heteroatoms. The Balaban J connectivity index is 2.13. The fraction of sp³-hybridized carbons (Fsp3) is 0.364. The number of carbonyl (C=O) groups is 2. The summed E-state index contributed by atoms with van der Waals surface area (Å²) in [6.07, 6.45) is 0.828. The lowest BCUT2D eigenvalue weighted by molar-refractivity contribution is -0.142. The Labute approximate surface area is 194 Å². The Bertz CT molecular complexity index is 812. The molecule has 0 radical (unpaired) electrons. The number of benzene rings is 2. The highest BCUT2D eigenvalue weighted by Gasteiger charge is 2.27. The summed E-state index contributed by atoms with van der Waals surface area (Å²) < 4.78 is 7.71. The summed E-state index contributed by atoms with van der Waals surface area (Å²) >= 11 is 5.63. The second-order valence-corrected chi connectivity index (χ2v) is 9.05. The number of halogens is 2. The van der Waals surface area contributed by atoms with Gasteiger partial charge in [0.25, 0.3) is 5.91 Å². The van der Waals surface area contributed by atoms with Crippen molar-refractivity contribution in [3.8, 4) is 5.75 Å². The first-order valence-electron chi connectivity index (χ1n) is 9.52. The van der Waals surface area contributed by atoms with Crippen LogP contribution in [0.4, 0.5) is 0 Å². The van der Waals surface area contributed by atoms with Crippen LogP contribution in [0, 0.1) is 3.57 Å². The van der Waals surface area contributed by atoms with Gasteiger partial charge in [0.05, 0.1) is 0 Å². The number of carbonyl (C=O) groups excluding carboxylic acids is 2. The molecule has 2 amide bonds. The Hall–Kier alpha value is -1.61. The van der Waals surface area contributed by atoms with E-state index in [9.17, 15) is 9.59 Å². The predicted octanol–water partition coefficient (Wildman–Crippen LogP) is 4.76. The molecule has 5 nitrogen and oxygen atoms in total. The Morgan fingerprint density at radius 3 is 2.31 bits per heavy atom. The number of rotatable bonds is 9. The van der Waals surface area contributed by atoms with E-state index in [0.717, 1.165) is 20.0 Å². The quantitative estimate of drug-likeness (QED) is 0.441. The molecule has 156 valence electrons. The molecule has 0 bridgehead atoms. The largest absolute Gasteiger partial charge is 0.484 e. The lowest BCUT2D eigenvalue weighted by Crippen LogP contribution is -2.50. The summed E-state index contributed by atoms with van der Waals surface area (Å²) in [5.41, 5.74) is 0.944. The smallest absolute Gasteiger partial charge is 0.261 e. The first-order chi connectivity index (χ1) is 13.8. The molecule has 0 heterocycles. The molecule has 0 aliphatic rings. The van der Waals surface area contributed by atoms with Crippen molar-refractivity contribution >= 4 is 50.3 Å². The fourth-order valence-electron chi connectivity index (χ4n) is 2.59. The van der Waals surface area contributed by atoms with Crippen molar-refractivity contribution in [2.75, 3.05) is 6.61 Å². The average molecular weight is 573 g/mol. The molecule has 0 aromatic heterocycles. The molecule has 0 saturated carbocycles. The standard InChI is InChI=1S/C22H26BrIN2O3/c1-4-15(2)25-22(28)16(3)26(13-17-5-7-18(23)8-6-17)21(27)14-29-20-11-9-19(24)10-12-20/h5-12,15-16H,4,13-14H2,1-3H3,(H,25,28)/t15-,16-/m1/s1. The van der Waals surface area contributed by atoms with E-state index in [4.69, 9.17) is 4.74 Å². The van der Waals surface area contributed by atoms with E-state index in [2.05, 4.69) is 43.8 Å². The third-order valence-electron chi connectivity index (χ3n) is 4.61. The zero-order valence-corrected chi connectivity index (χ0v) is 20.6. The molecule has 2 atom stereocenters. The summed E-state index contributed by atoms with van der Waals surface area (Å²) in [6.45, 7) is 5.91. The first kappa shape index (κ1) is 23.7. The van der Waals surface area contributed by atoms with E-state index < -0.39 is 6.04 Å². The third-order valence-corrected chi connectivity index (χ3v) is 5.86. The van der Waals surface area contributed by atoms with Crippen molar-refractivity contribution in [1.82, 2.24) is 10.2 Å². The minimum absolute atomic E-state index is 0.0534. The van der Waals surface area contributed by atoms with Gasteiger partial charge >= 0.3 is 0 Å². The lowest BCUT2D eigenvalue weighted by Gasteiger charge is -2.29. The van der Waals surface area contributed by atoms with E-state index in [0.29, 0.717) is 12.3 Å². The normalized spacial score (nSPS) is 12.7. The van der Waals surface area contributed by atoms with E-state index >= 15 is 0 Å². The summed E-state index contributed by atoms with van der Waals surface area (Å²) in [6, 6.07) is 14.6. The second-order valence-electron chi connectivity index (χ2n) is 6.88. The Morgan fingerprint density at radius 1 is 1.10 bits per heavy atom. The van der Waals surface area contributed by atoms with Gasteiger partial charge in [-0.2, -0.15) is 0 Å². The van der Waals surface area contributed by atoms with Gasteiger partial charge in [0.1, 0.15) is 11.8 Å². The van der Waals surface area contributed by atoms with Crippen molar-refractivity contribution in [2.45, 2.75) is 45.8 Å². The first-order valence-corrected chi connectivity index (χ1v) is 11.4. The average Bonchev–Trinajstić information content (AvgIpc) is 2.72. The van der Waals surface area contributed by atoms with Crippen LogP contribution in [0.25, 0.3) is 0 Å². The van der Waals surface area contributed by atoms with Crippen molar-refractivity contribution in [2.24, 2.45) is 0 Å². The van der Waals surface area contributed by atoms with Crippen LogP contribution < -0.4 is 10.1 Å². The lowest BCUT2D eigenvalue weighted by atomic mass is 10.1. The minimum Gasteiger partial charge on any atom is -0.484 e. The molecular weight excluding hydrogens is 547 g/mol. The number of nitrogens with one attached hydrogen (secondary N) is 1. The number of nitrogens with zero attached hydrogens (tertiary/aromatic N) is 1. The number of amides is 2. The van der Waals surface area contributed by atoms with E-state index in [1.54, 1.807) is 11.8 Å². The van der Waals surface area contributed by atoms with E-state index in [1.807, 2.05) is 62.4 Å². The van der Waals surface area contributed by atoms with Crippen molar-refractivity contribution < 1.29 is 14.3 Å². The molecule has 0 saturated heterocycles. The van der Waals surface area contributed by atoms with Crippen LogP contribution in [0.1, 0.15) is 32.8 Å². The number of ether oxygens (including phenoxy) is 1. The third kappa shape index (κ3) is 7.62. The Kier molecular flexibility index (Phi) is 9.42. The highest BCUT2D eigenvalue weighted by atomic mass is 127. The SMILES string of the molecule is CC[C@@H](C)NC(=O)[C@@H](C)N(Cc1ccc(Br)cc1)C(=O)COc1ccc(I)cc1. The second kappa shape index (κ2) is 11.5. The maximum absolute atomic E-state index is 13.0. The van der Waals surface area contributed by atoms with Gasteiger partial charge in [-0.15, -0.1) is 0 Å². The van der Waals surface area contributed by atoms with Crippen LogP contribution in [0.15, 0.2) is 53.0 Å². The van der Waals surface area contributed by atoms with Gasteiger partial charge in [-0.25, -0.2) is 0 Å². The van der Waals surface area contributed by atoms with Gasteiger partial charge in [-0.05, 0) is 84.8 Å². The molecule has 0 unspecified atom stereocenters. The maximum Gasteiger partial charge on any atom is 0.261 e. The predicted molar refractivity (Wildman–Crippen MR) is 127 cm³/mol. The fourth-order valence-corrected chi connectivity index (χ4v) is 3.22. The van der Waals surface area contributed by atoms with Crippen LogP contribution in [-0.4, -0.2) is 35.4 Å². The molecule has 2 rings (SSSR count). The summed E-state index contributed by atoms with van der Waals surface area (Å²) in [5, 5.41) is 2.96. The molecule has 1 N–H and O–H groups in total. The van der Waals surface area contributed by atoms with Gasteiger partial charge in [0.2, 0.25) is 5.91 Å². The summed E-state index contributed by atoms with van der Waals surface area (Å²) in [5.74, 6) is 0.219. The summed E-state index contributed by atoms with van der Waals surface area (Å²) in [4.78, 5) is 27.2. The van der Waals surface area contributed by atoms with Gasteiger partial charge in [-0.1, -0.05) is 35.0 Å². The van der Waals surface area contributed by atoms with Crippen LogP contribution in [-0.2, 0) is 16.1 Å². The van der Waals surface area contributed by atoms with Crippen molar-refractivity contribution in [3.05, 3.63) is 62.1 Å². The number of hydrogen-bond acceptors (Lipinski definition) is 3. The molecular formula is C22H26BrIN2O3. The summed E-state index contributed by atoms with van der Waals surface area (Å²) in [7, 11) is 0. The van der Waals surface area contributed by atoms with Gasteiger partial charge in [0.15, 0.2) is 6.61 Å². The molecule has 0 spiro atoms. The molecule has 2 aromatic carbocycles. The van der Waals surface area contributed by atoms with Gasteiger partial charge in [-0.3, -0.25) is 9.59 Å². The van der Waals surface area contributed by atoms with Gasteiger partial charge < -0.3 is 15.0 Å². The van der Waals surface area contributed by atoms with Crippen LogP contribution in [0.5, 0.6) is 5.75 Å². The molecule has 0 aliphatic carbocycles. The van der Waals surface area contributed by atoms with Crippen molar-refractivity contribution in [1.29, 1.82) is 0 Å².